The second kappa shape index (κ2) is 7.66. The molecular weight excluding hydrogens is 370 g/mol. The van der Waals surface area contributed by atoms with Crippen LogP contribution in [0.2, 0.25) is 0 Å². The highest BCUT2D eigenvalue weighted by atomic mass is 16.5. The highest BCUT2D eigenvalue weighted by Gasteiger charge is 2.30. The maximum absolute atomic E-state index is 12.9. The summed E-state index contributed by atoms with van der Waals surface area (Å²) in [5.74, 6) is -0.643. The van der Waals surface area contributed by atoms with Gasteiger partial charge in [0.1, 0.15) is 0 Å². The van der Waals surface area contributed by atoms with Gasteiger partial charge in [-0.3, -0.25) is 4.79 Å². The highest BCUT2D eigenvalue weighted by Crippen LogP contribution is 2.40. The number of esters is 1. The van der Waals surface area contributed by atoms with E-state index in [1.165, 1.54) is 5.56 Å². The Hall–Kier alpha value is -3.22. The van der Waals surface area contributed by atoms with Gasteiger partial charge in [0.05, 0.1) is 16.6 Å². The molecule has 29 heavy (non-hydrogen) atoms. The number of anilines is 1. The molecule has 0 saturated heterocycles. The van der Waals surface area contributed by atoms with Crippen LogP contribution >= 0.6 is 0 Å². The molecule has 0 spiro atoms. The van der Waals surface area contributed by atoms with E-state index in [2.05, 4.69) is 22.4 Å². The minimum Gasteiger partial charge on any atom is -0.449 e. The second-order valence-electron chi connectivity index (χ2n) is 7.40. The van der Waals surface area contributed by atoms with Crippen LogP contribution in [-0.2, 0) is 16.0 Å². The summed E-state index contributed by atoms with van der Waals surface area (Å²) >= 11 is 0. The predicted octanol–water partition coefficient (Wildman–Crippen LogP) is 4.16. The van der Waals surface area contributed by atoms with Gasteiger partial charge in [0.25, 0.3) is 11.6 Å². The van der Waals surface area contributed by atoms with Gasteiger partial charge in [-0.05, 0) is 56.9 Å². The van der Waals surface area contributed by atoms with Crippen molar-refractivity contribution >= 4 is 28.7 Å². The van der Waals surface area contributed by atoms with Crippen molar-refractivity contribution in [1.82, 2.24) is 10.1 Å². The van der Waals surface area contributed by atoms with E-state index in [1.54, 1.807) is 19.9 Å². The van der Waals surface area contributed by atoms with E-state index in [1.807, 2.05) is 24.3 Å². The zero-order valence-electron chi connectivity index (χ0n) is 16.7. The number of benzene rings is 1. The highest BCUT2D eigenvalue weighted by molar-refractivity contribution is 6.04. The molecule has 7 nitrogen and oxygen atoms in total. The fraction of sp³-hybridized carbons (Fsp3) is 0.364. The number of fused-ring (bicyclic) bond motifs is 1. The Morgan fingerprint density at radius 3 is 2.66 bits per heavy atom. The van der Waals surface area contributed by atoms with Crippen LogP contribution in [0.3, 0.4) is 0 Å². The van der Waals surface area contributed by atoms with Crippen LogP contribution in [0.5, 0.6) is 0 Å². The number of aromatic nitrogens is 2. The Labute approximate surface area is 168 Å². The van der Waals surface area contributed by atoms with E-state index < -0.39 is 18.0 Å². The largest absolute Gasteiger partial charge is 0.449 e. The van der Waals surface area contributed by atoms with Crippen LogP contribution in [0.4, 0.5) is 5.69 Å². The van der Waals surface area contributed by atoms with Crippen molar-refractivity contribution in [2.45, 2.75) is 52.1 Å². The zero-order chi connectivity index (χ0) is 20.5. The van der Waals surface area contributed by atoms with E-state index in [0.717, 1.165) is 25.0 Å². The van der Waals surface area contributed by atoms with Gasteiger partial charge in [-0.15, -0.1) is 0 Å². The molecule has 7 heteroatoms. The molecule has 0 bridgehead atoms. The van der Waals surface area contributed by atoms with E-state index in [-0.39, 0.29) is 0 Å². The fourth-order valence-corrected chi connectivity index (χ4v) is 3.21. The van der Waals surface area contributed by atoms with Crippen molar-refractivity contribution in [3.63, 3.8) is 0 Å². The third-order valence-electron chi connectivity index (χ3n) is 5.14. The standard InChI is InChI=1S/C22H23N3O4/c1-4-14-5-9-16(10-6-14)23-20(26)13(3)28-22(27)17-11-18(15-7-8-15)24-21-19(17)12(2)25-29-21/h5-6,9-11,13,15H,4,7-8H2,1-3H3,(H,23,26). The molecule has 0 radical (unpaired) electrons. The van der Waals surface area contributed by atoms with Gasteiger partial charge >= 0.3 is 5.97 Å². The van der Waals surface area contributed by atoms with Crippen LogP contribution in [-0.4, -0.2) is 28.1 Å². The lowest BCUT2D eigenvalue weighted by molar-refractivity contribution is -0.123. The molecule has 1 aliphatic carbocycles. The lowest BCUT2D eigenvalue weighted by Crippen LogP contribution is -2.30. The van der Waals surface area contributed by atoms with Gasteiger partial charge in [-0.25, -0.2) is 9.78 Å². The molecule has 1 aliphatic rings. The Bertz CT molecular complexity index is 1070. The van der Waals surface area contributed by atoms with Gasteiger partial charge in [0.15, 0.2) is 6.10 Å². The Morgan fingerprint density at radius 1 is 1.28 bits per heavy atom. The SMILES string of the molecule is CCc1ccc(NC(=O)C(C)OC(=O)c2cc(C3CC3)nc3onc(C)c23)cc1. The summed E-state index contributed by atoms with van der Waals surface area (Å²) in [6.07, 6.45) is 2.04. The van der Waals surface area contributed by atoms with E-state index >= 15 is 0 Å². The number of aryl methyl sites for hydroxylation is 2. The number of ether oxygens (including phenoxy) is 1. The number of rotatable bonds is 6. The van der Waals surface area contributed by atoms with E-state index in [4.69, 9.17) is 9.26 Å². The summed E-state index contributed by atoms with van der Waals surface area (Å²) in [6, 6.07) is 9.31. The summed E-state index contributed by atoms with van der Waals surface area (Å²) < 4.78 is 10.7. The number of amides is 1. The monoisotopic (exact) mass is 393 g/mol. The number of nitrogens with zero attached hydrogens (tertiary/aromatic N) is 2. The number of hydrogen-bond donors (Lipinski definition) is 1. The van der Waals surface area contributed by atoms with Crippen molar-refractivity contribution in [2.75, 3.05) is 5.32 Å². The lowest BCUT2D eigenvalue weighted by Gasteiger charge is -2.14. The average molecular weight is 393 g/mol. The smallest absolute Gasteiger partial charge is 0.339 e. The molecule has 2 heterocycles. The Balaban J connectivity index is 1.50. The first-order chi connectivity index (χ1) is 14.0. The zero-order valence-corrected chi connectivity index (χ0v) is 16.7. The molecule has 3 aromatic rings. The minimum absolute atomic E-state index is 0.326. The third kappa shape index (κ3) is 3.99. The molecular formula is C22H23N3O4. The molecule has 1 N–H and O–H groups in total. The number of carbonyl (C=O) groups is 2. The lowest BCUT2D eigenvalue weighted by atomic mass is 10.1. The van der Waals surface area contributed by atoms with Crippen LogP contribution < -0.4 is 5.32 Å². The molecule has 1 aromatic carbocycles. The maximum Gasteiger partial charge on any atom is 0.339 e. The number of pyridine rings is 1. The Morgan fingerprint density at radius 2 is 2.00 bits per heavy atom. The predicted molar refractivity (Wildman–Crippen MR) is 108 cm³/mol. The number of nitrogens with one attached hydrogen (secondary N) is 1. The summed E-state index contributed by atoms with van der Waals surface area (Å²) in [6.45, 7) is 5.36. The number of hydrogen-bond acceptors (Lipinski definition) is 6. The van der Waals surface area contributed by atoms with E-state index in [0.29, 0.717) is 34.0 Å². The van der Waals surface area contributed by atoms with Crippen molar-refractivity contribution in [2.24, 2.45) is 0 Å². The van der Waals surface area contributed by atoms with E-state index in [9.17, 15) is 9.59 Å². The molecule has 1 fully saturated rings. The number of carbonyl (C=O) groups excluding carboxylic acids is 2. The fourth-order valence-electron chi connectivity index (χ4n) is 3.21. The molecule has 150 valence electrons. The first kappa shape index (κ1) is 19.1. The summed E-state index contributed by atoms with van der Waals surface area (Å²) in [4.78, 5) is 29.8. The van der Waals surface area contributed by atoms with Gasteiger partial charge < -0.3 is 14.6 Å². The molecule has 2 aromatic heterocycles. The second-order valence-corrected chi connectivity index (χ2v) is 7.40. The molecule has 1 amide bonds. The molecule has 1 atom stereocenters. The van der Waals surface area contributed by atoms with Crippen LogP contribution in [0.25, 0.3) is 11.1 Å². The Kier molecular flexibility index (Phi) is 5.05. The minimum atomic E-state index is -0.957. The van der Waals surface area contributed by atoms with Gasteiger partial charge in [-0.1, -0.05) is 24.2 Å². The van der Waals surface area contributed by atoms with Gasteiger partial charge in [-0.2, -0.15) is 0 Å². The molecule has 4 rings (SSSR count). The first-order valence-electron chi connectivity index (χ1n) is 9.84. The van der Waals surface area contributed by atoms with Crippen molar-refractivity contribution < 1.29 is 18.8 Å². The van der Waals surface area contributed by atoms with Crippen molar-refractivity contribution in [3.8, 4) is 0 Å². The molecule has 1 unspecified atom stereocenters. The van der Waals surface area contributed by atoms with Crippen molar-refractivity contribution in [1.29, 1.82) is 0 Å². The van der Waals surface area contributed by atoms with Crippen LogP contribution in [0.15, 0.2) is 34.9 Å². The quantitative estimate of drug-likeness (QED) is 0.632. The summed E-state index contributed by atoms with van der Waals surface area (Å²) in [7, 11) is 0. The maximum atomic E-state index is 12.9. The molecule has 0 aliphatic heterocycles. The molecule has 1 saturated carbocycles. The topological polar surface area (TPSA) is 94.3 Å². The summed E-state index contributed by atoms with van der Waals surface area (Å²) in [5, 5.41) is 7.22. The van der Waals surface area contributed by atoms with Gasteiger partial charge in [0, 0.05) is 17.3 Å². The van der Waals surface area contributed by atoms with Crippen molar-refractivity contribution in [3.05, 3.63) is 52.8 Å². The average Bonchev–Trinajstić information content (AvgIpc) is 3.51. The third-order valence-corrected chi connectivity index (χ3v) is 5.14. The van der Waals surface area contributed by atoms with Gasteiger partial charge in [0.2, 0.25) is 0 Å². The summed E-state index contributed by atoms with van der Waals surface area (Å²) in [5.41, 5.74) is 3.87. The normalized spacial score (nSPS) is 14.6. The first-order valence-corrected chi connectivity index (χ1v) is 9.84. The van der Waals surface area contributed by atoms with Crippen LogP contribution in [0, 0.1) is 6.92 Å². The van der Waals surface area contributed by atoms with Crippen LogP contribution in [0.1, 0.15) is 59.9 Å².